The molecule has 1 heterocycles. The maximum absolute atomic E-state index is 13.5. The van der Waals surface area contributed by atoms with Crippen molar-refractivity contribution in [2.24, 2.45) is 0 Å². The Labute approximate surface area is 269 Å². The van der Waals surface area contributed by atoms with Gasteiger partial charge in [-0.3, -0.25) is 4.79 Å². The fraction of sp³-hybridized carbons (Fsp3) is 0.194. The zero-order valence-corrected chi connectivity index (χ0v) is 25.1. The average Bonchev–Trinajstić information content (AvgIpc) is 3.10. The smallest absolute Gasteiger partial charge is 0.338 e. The molecule has 5 atom stereocenters. The molecular weight excluding hydrogens is 608 g/mol. The van der Waals surface area contributed by atoms with Crippen LogP contribution in [0.25, 0.3) is 0 Å². The van der Waals surface area contributed by atoms with Crippen molar-refractivity contribution in [2.45, 2.75) is 37.6 Å². The van der Waals surface area contributed by atoms with Gasteiger partial charge in [0.2, 0.25) is 12.4 Å². The maximum atomic E-state index is 13.5. The Kier molecular flexibility index (Phi) is 10.7. The van der Waals surface area contributed by atoms with Gasteiger partial charge in [0.25, 0.3) is 0 Å². The summed E-state index contributed by atoms with van der Waals surface area (Å²) in [7, 11) is 0. The van der Waals surface area contributed by atoms with Gasteiger partial charge in [-0.2, -0.15) is 0 Å². The normalized spacial score (nSPS) is 20.2. The molecule has 0 aromatic heterocycles. The number of hydrogen-bond donors (Lipinski definition) is 0. The maximum Gasteiger partial charge on any atom is 0.338 e. The van der Waals surface area contributed by atoms with Crippen LogP contribution in [0.5, 0.6) is 0 Å². The van der Waals surface area contributed by atoms with Crippen molar-refractivity contribution in [2.75, 3.05) is 6.61 Å². The van der Waals surface area contributed by atoms with Crippen molar-refractivity contribution in [3.05, 3.63) is 144 Å². The highest BCUT2D eigenvalue weighted by Gasteiger charge is 2.54. The number of esters is 5. The Balaban J connectivity index is 1.54. The second kappa shape index (κ2) is 15.5. The van der Waals surface area contributed by atoms with E-state index in [-0.39, 0.29) is 22.3 Å². The van der Waals surface area contributed by atoms with Gasteiger partial charge >= 0.3 is 29.8 Å². The van der Waals surface area contributed by atoms with Crippen LogP contribution in [-0.4, -0.2) is 67.2 Å². The molecule has 240 valence electrons. The van der Waals surface area contributed by atoms with Crippen molar-refractivity contribution >= 4 is 29.8 Å². The summed E-state index contributed by atoms with van der Waals surface area (Å²) in [5.41, 5.74) is 0.662. The highest BCUT2D eigenvalue weighted by molar-refractivity contribution is 5.91. The standard InChI is InChI=1S/C36H30O11/c1-23(37)43-36-31(47-35(41)27-20-12-5-13-21-27)30(46-34(40)26-18-10-4-11-19-26)29(45-33(39)25-16-8-3-9-17-25)28(44-36)22-42-32(38)24-14-6-2-7-15-24/h2-21,28-31,36H,22H2,1H3/t28-,29-,30+,31-,36?/m1/s1. The summed E-state index contributed by atoms with van der Waals surface area (Å²) in [6.45, 7) is 0.577. The van der Waals surface area contributed by atoms with Crippen LogP contribution in [-0.2, 0) is 33.2 Å². The van der Waals surface area contributed by atoms with Crippen molar-refractivity contribution in [1.29, 1.82) is 0 Å². The summed E-state index contributed by atoms with van der Waals surface area (Å²) in [6, 6.07) is 32.0. The first kappa shape index (κ1) is 32.6. The molecule has 1 aliphatic rings. The van der Waals surface area contributed by atoms with Crippen molar-refractivity contribution in [1.82, 2.24) is 0 Å². The monoisotopic (exact) mass is 638 g/mol. The van der Waals surface area contributed by atoms with E-state index in [1.165, 1.54) is 36.4 Å². The molecule has 1 fully saturated rings. The van der Waals surface area contributed by atoms with Gasteiger partial charge in [0.1, 0.15) is 12.7 Å². The number of carbonyl (C=O) groups excluding carboxylic acids is 5. The summed E-state index contributed by atoms with van der Waals surface area (Å²) >= 11 is 0. The van der Waals surface area contributed by atoms with Gasteiger partial charge in [-0.05, 0) is 48.5 Å². The molecule has 4 aromatic carbocycles. The zero-order chi connectivity index (χ0) is 33.2. The molecule has 0 amide bonds. The number of ether oxygens (including phenoxy) is 6. The van der Waals surface area contributed by atoms with Crippen LogP contribution in [0.1, 0.15) is 48.4 Å². The lowest BCUT2D eigenvalue weighted by molar-refractivity contribution is -0.289. The molecule has 1 aliphatic heterocycles. The summed E-state index contributed by atoms with van der Waals surface area (Å²) < 4.78 is 34.5. The highest BCUT2D eigenvalue weighted by atomic mass is 16.7. The first-order chi connectivity index (χ1) is 22.8. The Bertz CT molecular complexity index is 1680. The van der Waals surface area contributed by atoms with Crippen molar-refractivity contribution < 1.29 is 52.4 Å². The molecule has 5 rings (SSSR count). The van der Waals surface area contributed by atoms with E-state index in [1.54, 1.807) is 84.9 Å². The number of benzene rings is 4. The van der Waals surface area contributed by atoms with Gasteiger partial charge in [0.05, 0.1) is 22.3 Å². The third-order valence-electron chi connectivity index (χ3n) is 7.02. The van der Waals surface area contributed by atoms with E-state index in [2.05, 4.69) is 0 Å². The average molecular weight is 639 g/mol. The molecule has 0 spiro atoms. The third kappa shape index (κ3) is 8.47. The van der Waals surface area contributed by atoms with Crippen LogP contribution in [0.2, 0.25) is 0 Å². The molecule has 1 unspecified atom stereocenters. The van der Waals surface area contributed by atoms with Crippen molar-refractivity contribution in [3.8, 4) is 0 Å². The summed E-state index contributed by atoms with van der Waals surface area (Å²) in [5, 5.41) is 0. The largest absolute Gasteiger partial charge is 0.459 e. The molecule has 0 bridgehead atoms. The lowest BCUT2D eigenvalue weighted by atomic mass is 9.97. The Morgan fingerprint density at radius 1 is 0.489 bits per heavy atom. The molecule has 1 saturated heterocycles. The first-order valence-corrected chi connectivity index (χ1v) is 14.6. The van der Waals surface area contributed by atoms with Gasteiger partial charge in [0.15, 0.2) is 12.2 Å². The van der Waals surface area contributed by atoms with Crippen LogP contribution in [0.4, 0.5) is 0 Å². The topological polar surface area (TPSA) is 141 Å². The summed E-state index contributed by atoms with van der Waals surface area (Å²) in [4.78, 5) is 65.3. The number of hydrogen-bond acceptors (Lipinski definition) is 11. The molecule has 0 radical (unpaired) electrons. The molecule has 4 aromatic rings. The van der Waals surface area contributed by atoms with Crippen molar-refractivity contribution in [3.63, 3.8) is 0 Å². The van der Waals surface area contributed by atoms with E-state index in [0.29, 0.717) is 0 Å². The van der Waals surface area contributed by atoms with E-state index < -0.39 is 67.2 Å². The van der Waals surface area contributed by atoms with Crippen LogP contribution in [0, 0.1) is 0 Å². The minimum absolute atomic E-state index is 0.136. The van der Waals surface area contributed by atoms with Crippen LogP contribution in [0.3, 0.4) is 0 Å². The third-order valence-corrected chi connectivity index (χ3v) is 7.02. The second-order valence-electron chi connectivity index (χ2n) is 10.3. The molecule has 11 heteroatoms. The van der Waals surface area contributed by atoms with E-state index in [1.807, 2.05) is 0 Å². The highest BCUT2D eigenvalue weighted by Crippen LogP contribution is 2.32. The van der Waals surface area contributed by atoms with Gasteiger partial charge in [-0.25, -0.2) is 19.2 Å². The van der Waals surface area contributed by atoms with Gasteiger partial charge in [0, 0.05) is 6.92 Å². The van der Waals surface area contributed by atoms with Crippen LogP contribution < -0.4 is 0 Å². The molecule has 0 N–H and O–H groups in total. The first-order valence-electron chi connectivity index (χ1n) is 14.6. The number of carbonyl (C=O) groups is 5. The molecular formula is C36H30O11. The second-order valence-corrected chi connectivity index (χ2v) is 10.3. The van der Waals surface area contributed by atoms with E-state index in [9.17, 15) is 24.0 Å². The van der Waals surface area contributed by atoms with E-state index in [0.717, 1.165) is 6.92 Å². The summed E-state index contributed by atoms with van der Waals surface area (Å²) in [6.07, 6.45) is -7.80. The van der Waals surface area contributed by atoms with Gasteiger partial charge < -0.3 is 28.4 Å². The fourth-order valence-electron chi connectivity index (χ4n) is 4.79. The molecule has 47 heavy (non-hydrogen) atoms. The Hall–Kier alpha value is -5.81. The SMILES string of the molecule is CC(=O)OC1O[C@H](COC(=O)c2ccccc2)[C@@H](OC(=O)c2ccccc2)[C@H](OC(=O)c2ccccc2)[C@H]1OC(=O)c1ccccc1. The predicted molar refractivity (Wildman–Crippen MR) is 164 cm³/mol. The zero-order valence-electron chi connectivity index (χ0n) is 25.1. The lowest BCUT2D eigenvalue weighted by Crippen LogP contribution is -2.63. The fourth-order valence-corrected chi connectivity index (χ4v) is 4.79. The molecule has 11 nitrogen and oxygen atoms in total. The van der Waals surface area contributed by atoms with E-state index >= 15 is 0 Å². The Morgan fingerprint density at radius 2 is 0.851 bits per heavy atom. The Morgan fingerprint density at radius 3 is 1.26 bits per heavy atom. The lowest BCUT2D eigenvalue weighted by Gasteiger charge is -2.43. The van der Waals surface area contributed by atoms with Gasteiger partial charge in [-0.1, -0.05) is 72.8 Å². The minimum atomic E-state index is -1.67. The van der Waals surface area contributed by atoms with Gasteiger partial charge in [-0.15, -0.1) is 0 Å². The van der Waals surface area contributed by atoms with E-state index in [4.69, 9.17) is 28.4 Å². The summed E-state index contributed by atoms with van der Waals surface area (Å²) in [5.74, 6) is -4.09. The van der Waals surface area contributed by atoms with Crippen LogP contribution in [0.15, 0.2) is 121 Å². The minimum Gasteiger partial charge on any atom is -0.459 e. The molecule has 0 aliphatic carbocycles. The van der Waals surface area contributed by atoms with Crippen LogP contribution >= 0.6 is 0 Å². The quantitative estimate of drug-likeness (QED) is 0.175. The number of rotatable bonds is 10. The molecule has 0 saturated carbocycles. The predicted octanol–water partition coefficient (Wildman–Crippen LogP) is 4.81.